The number of para-hydroxylation sites is 1. The first-order valence-corrected chi connectivity index (χ1v) is 8.26. The fraction of sp³-hybridized carbons (Fsp3) is 0.308. The highest BCUT2D eigenvalue weighted by Crippen LogP contribution is 2.29. The molecule has 20 heavy (non-hydrogen) atoms. The standard InChI is InChI=1S/C13H12N4OS2/c18-11(14-8-5-6-8)7-19-12-15-16-13-17(12)9-3-1-2-4-10(9)20-13/h1-4,8H,5-7H2,(H,14,18). The van der Waals surface area contributed by atoms with Crippen LogP contribution in [0.4, 0.5) is 0 Å². The molecule has 0 unspecified atom stereocenters. The fourth-order valence-corrected chi connectivity index (χ4v) is 3.85. The van der Waals surface area contributed by atoms with Crippen LogP contribution in [0.2, 0.25) is 0 Å². The van der Waals surface area contributed by atoms with Crippen LogP contribution >= 0.6 is 23.1 Å². The van der Waals surface area contributed by atoms with Crippen LogP contribution in [0.3, 0.4) is 0 Å². The molecule has 1 fully saturated rings. The van der Waals surface area contributed by atoms with E-state index in [0.717, 1.165) is 28.5 Å². The summed E-state index contributed by atoms with van der Waals surface area (Å²) in [5.41, 5.74) is 1.10. The summed E-state index contributed by atoms with van der Waals surface area (Å²) in [6.07, 6.45) is 2.22. The summed E-state index contributed by atoms with van der Waals surface area (Å²) in [5.74, 6) is 0.468. The number of amides is 1. The van der Waals surface area contributed by atoms with Crippen molar-refractivity contribution in [3.05, 3.63) is 24.3 Å². The van der Waals surface area contributed by atoms with Gasteiger partial charge in [-0.05, 0) is 25.0 Å². The number of carbonyl (C=O) groups excluding carboxylic acids is 1. The summed E-state index contributed by atoms with van der Waals surface area (Å²) < 4.78 is 3.21. The van der Waals surface area contributed by atoms with E-state index in [1.54, 1.807) is 11.3 Å². The first-order valence-electron chi connectivity index (χ1n) is 6.46. The third-order valence-corrected chi connectivity index (χ3v) is 5.13. The van der Waals surface area contributed by atoms with Gasteiger partial charge in [-0.25, -0.2) is 0 Å². The van der Waals surface area contributed by atoms with Crippen molar-refractivity contribution in [3.63, 3.8) is 0 Å². The van der Waals surface area contributed by atoms with Crippen molar-refractivity contribution < 1.29 is 4.79 Å². The molecule has 1 aliphatic rings. The second-order valence-corrected chi connectivity index (χ2v) is 6.75. The van der Waals surface area contributed by atoms with Crippen molar-refractivity contribution in [2.45, 2.75) is 24.0 Å². The van der Waals surface area contributed by atoms with Gasteiger partial charge in [-0.2, -0.15) is 0 Å². The van der Waals surface area contributed by atoms with E-state index in [1.807, 2.05) is 16.5 Å². The van der Waals surface area contributed by atoms with E-state index in [4.69, 9.17) is 0 Å². The molecule has 0 bridgehead atoms. The summed E-state index contributed by atoms with van der Waals surface area (Å²) in [4.78, 5) is 12.6. The summed E-state index contributed by atoms with van der Waals surface area (Å²) in [7, 11) is 0. The van der Waals surface area contributed by atoms with Crippen molar-refractivity contribution in [3.8, 4) is 0 Å². The molecular weight excluding hydrogens is 292 g/mol. The van der Waals surface area contributed by atoms with Crippen molar-refractivity contribution in [2.24, 2.45) is 0 Å². The second-order valence-electron chi connectivity index (χ2n) is 4.80. The number of rotatable bonds is 4. The predicted molar refractivity (Wildman–Crippen MR) is 80.3 cm³/mol. The van der Waals surface area contributed by atoms with E-state index in [0.29, 0.717) is 11.8 Å². The van der Waals surface area contributed by atoms with Gasteiger partial charge in [-0.3, -0.25) is 9.20 Å². The van der Waals surface area contributed by atoms with Gasteiger partial charge in [0.1, 0.15) is 0 Å². The molecule has 0 aliphatic heterocycles. The van der Waals surface area contributed by atoms with Gasteiger partial charge in [-0.15, -0.1) is 10.2 Å². The summed E-state index contributed by atoms with van der Waals surface area (Å²) in [6, 6.07) is 8.55. The maximum Gasteiger partial charge on any atom is 0.230 e. The number of hydrogen-bond acceptors (Lipinski definition) is 5. The van der Waals surface area contributed by atoms with Crippen molar-refractivity contribution in [2.75, 3.05) is 5.75 Å². The number of hydrogen-bond donors (Lipinski definition) is 1. The lowest BCUT2D eigenvalue weighted by Crippen LogP contribution is -2.27. The first-order chi connectivity index (χ1) is 9.81. The lowest BCUT2D eigenvalue weighted by molar-refractivity contribution is -0.118. The van der Waals surface area contributed by atoms with Crippen LogP contribution in [0, 0.1) is 0 Å². The minimum atomic E-state index is 0.0776. The van der Waals surface area contributed by atoms with E-state index >= 15 is 0 Å². The number of nitrogens with zero attached hydrogens (tertiary/aromatic N) is 3. The van der Waals surface area contributed by atoms with Crippen molar-refractivity contribution >= 4 is 44.2 Å². The molecular formula is C13H12N4OS2. The summed E-state index contributed by atoms with van der Waals surface area (Å²) in [6.45, 7) is 0. The quantitative estimate of drug-likeness (QED) is 0.752. The minimum absolute atomic E-state index is 0.0776. The number of fused-ring (bicyclic) bond motifs is 3. The molecule has 2 heterocycles. The Bertz CT molecular complexity index is 790. The maximum atomic E-state index is 11.7. The van der Waals surface area contributed by atoms with E-state index in [1.165, 1.54) is 16.5 Å². The lowest BCUT2D eigenvalue weighted by Gasteiger charge is -2.01. The lowest BCUT2D eigenvalue weighted by atomic mass is 10.3. The molecule has 1 N–H and O–H groups in total. The number of thiazole rings is 1. The molecule has 1 aromatic carbocycles. The first kappa shape index (κ1) is 12.2. The number of nitrogens with one attached hydrogen (secondary N) is 1. The molecule has 1 saturated carbocycles. The molecule has 102 valence electrons. The molecule has 0 radical (unpaired) electrons. The highest BCUT2D eigenvalue weighted by molar-refractivity contribution is 7.99. The van der Waals surface area contributed by atoms with Crippen LogP contribution in [0.25, 0.3) is 15.2 Å². The molecule has 0 atom stereocenters. The highest BCUT2D eigenvalue weighted by atomic mass is 32.2. The Morgan fingerprint density at radius 1 is 1.40 bits per heavy atom. The van der Waals surface area contributed by atoms with Crippen molar-refractivity contribution in [1.82, 2.24) is 19.9 Å². The number of thioether (sulfide) groups is 1. The Labute approximate surface area is 123 Å². The van der Waals surface area contributed by atoms with Gasteiger partial charge in [0.15, 0.2) is 5.16 Å². The van der Waals surface area contributed by atoms with E-state index < -0.39 is 0 Å². The number of carbonyl (C=O) groups is 1. The van der Waals surface area contributed by atoms with Crippen LogP contribution in [-0.4, -0.2) is 32.3 Å². The monoisotopic (exact) mass is 304 g/mol. The Morgan fingerprint density at radius 2 is 2.25 bits per heavy atom. The second kappa shape index (κ2) is 4.75. The minimum Gasteiger partial charge on any atom is -0.353 e. The van der Waals surface area contributed by atoms with Crippen LogP contribution in [0.5, 0.6) is 0 Å². The third kappa shape index (κ3) is 2.16. The molecule has 0 saturated heterocycles. The van der Waals surface area contributed by atoms with Gasteiger partial charge < -0.3 is 5.32 Å². The van der Waals surface area contributed by atoms with Gasteiger partial charge >= 0.3 is 0 Å². The third-order valence-electron chi connectivity index (χ3n) is 3.19. The van der Waals surface area contributed by atoms with E-state index in [9.17, 15) is 4.79 Å². The average molecular weight is 304 g/mol. The van der Waals surface area contributed by atoms with Crippen LogP contribution in [0.1, 0.15) is 12.8 Å². The van der Waals surface area contributed by atoms with Gasteiger partial charge in [0.05, 0.1) is 16.0 Å². The summed E-state index contributed by atoms with van der Waals surface area (Å²) in [5, 5.41) is 12.1. The zero-order chi connectivity index (χ0) is 13.5. The Morgan fingerprint density at radius 3 is 3.10 bits per heavy atom. The van der Waals surface area contributed by atoms with Crippen molar-refractivity contribution in [1.29, 1.82) is 0 Å². The molecule has 5 nitrogen and oxygen atoms in total. The molecule has 3 aromatic rings. The zero-order valence-electron chi connectivity index (χ0n) is 10.6. The van der Waals surface area contributed by atoms with E-state index in [-0.39, 0.29) is 5.91 Å². The largest absolute Gasteiger partial charge is 0.353 e. The van der Waals surface area contributed by atoms with Gasteiger partial charge in [-0.1, -0.05) is 35.2 Å². The SMILES string of the molecule is O=C(CSc1nnc2sc3ccccc3n12)NC1CC1. The Balaban J connectivity index is 1.60. The van der Waals surface area contributed by atoms with Crippen LogP contribution in [-0.2, 0) is 4.79 Å². The molecule has 0 spiro atoms. The molecule has 1 aliphatic carbocycles. The van der Waals surface area contributed by atoms with E-state index in [2.05, 4.69) is 27.6 Å². The predicted octanol–water partition coefficient (Wildman–Crippen LogP) is 2.31. The molecule has 7 heteroatoms. The maximum absolute atomic E-state index is 11.7. The average Bonchev–Trinajstić information content (AvgIpc) is 3.05. The topological polar surface area (TPSA) is 59.3 Å². The number of benzene rings is 1. The number of aromatic nitrogens is 3. The van der Waals surface area contributed by atoms with Gasteiger partial charge in [0.25, 0.3) is 0 Å². The fourth-order valence-electron chi connectivity index (χ4n) is 2.08. The van der Waals surface area contributed by atoms with Gasteiger partial charge in [0, 0.05) is 6.04 Å². The van der Waals surface area contributed by atoms with Crippen LogP contribution < -0.4 is 5.32 Å². The molecule has 2 aromatic heterocycles. The zero-order valence-corrected chi connectivity index (χ0v) is 12.2. The molecule has 4 rings (SSSR count). The summed E-state index contributed by atoms with van der Waals surface area (Å²) >= 11 is 3.05. The normalized spacial score (nSPS) is 15.0. The van der Waals surface area contributed by atoms with Gasteiger partial charge in [0.2, 0.25) is 10.9 Å². The highest BCUT2D eigenvalue weighted by Gasteiger charge is 2.23. The molecule has 1 amide bonds. The Kier molecular flexibility index (Phi) is 2.89. The van der Waals surface area contributed by atoms with Crippen LogP contribution in [0.15, 0.2) is 29.4 Å². The Hall–Kier alpha value is -1.60. The smallest absolute Gasteiger partial charge is 0.230 e.